The molecule has 0 aliphatic heterocycles. The number of ketones is 2. The van der Waals surface area contributed by atoms with Crippen LogP contribution in [0.3, 0.4) is 0 Å². The van der Waals surface area contributed by atoms with Gasteiger partial charge in [0.05, 0.1) is 32.1 Å². The van der Waals surface area contributed by atoms with E-state index < -0.39 is 65.2 Å². The molecule has 1 saturated carbocycles. The molecule has 6 N–H and O–H groups in total. The van der Waals surface area contributed by atoms with Crippen LogP contribution in [0.25, 0.3) is 0 Å². The molecule has 0 spiro atoms. The van der Waals surface area contributed by atoms with Crippen molar-refractivity contribution in [2.24, 2.45) is 35.3 Å². The summed E-state index contributed by atoms with van der Waals surface area (Å²) < 4.78 is 9.60. The fraction of sp³-hybridized carbons (Fsp3) is 0.564. The van der Waals surface area contributed by atoms with Crippen molar-refractivity contribution in [1.82, 2.24) is 21.1 Å². The number of nitrogens with zero attached hydrogens (tertiary/aromatic N) is 1. The number of nitrogens with two attached hydrogens (primary N) is 1. The Labute approximate surface area is 317 Å². The first kappa shape index (κ1) is 43.4. The van der Waals surface area contributed by atoms with Gasteiger partial charge in [0.15, 0.2) is 11.6 Å². The van der Waals surface area contributed by atoms with Gasteiger partial charge in [0.2, 0.25) is 0 Å². The molecule has 2 aromatic carbocycles. The first-order valence-electron chi connectivity index (χ1n) is 18.2. The molecule has 3 rings (SSSR count). The van der Waals surface area contributed by atoms with Gasteiger partial charge in [-0.25, -0.2) is 14.6 Å². The lowest BCUT2D eigenvalue weighted by Gasteiger charge is -2.41. The second kappa shape index (κ2) is 20.4. The van der Waals surface area contributed by atoms with Crippen molar-refractivity contribution in [3.63, 3.8) is 0 Å². The third-order valence-corrected chi connectivity index (χ3v) is 10.2. The molecule has 0 aromatic heterocycles. The van der Waals surface area contributed by atoms with Gasteiger partial charge < -0.3 is 25.2 Å². The zero-order valence-electron chi connectivity index (χ0n) is 31.6. The largest absolute Gasteiger partial charge is 0.453 e. The zero-order valence-corrected chi connectivity index (χ0v) is 32.4. The maximum absolute atomic E-state index is 14.9. The molecule has 53 heavy (non-hydrogen) atoms. The van der Waals surface area contributed by atoms with Crippen LogP contribution in [0.4, 0.5) is 9.59 Å². The van der Waals surface area contributed by atoms with E-state index in [1.165, 1.54) is 14.2 Å². The van der Waals surface area contributed by atoms with E-state index in [9.17, 15) is 29.1 Å². The molecule has 2 aromatic rings. The minimum atomic E-state index is -2.44. The van der Waals surface area contributed by atoms with Crippen molar-refractivity contribution in [2.75, 3.05) is 27.3 Å². The van der Waals surface area contributed by atoms with Crippen LogP contribution < -0.4 is 21.8 Å². The van der Waals surface area contributed by atoms with Gasteiger partial charge in [-0.2, -0.15) is 0 Å². The predicted molar refractivity (Wildman–Crippen MR) is 201 cm³/mol. The van der Waals surface area contributed by atoms with Crippen LogP contribution in [-0.4, -0.2) is 79.2 Å². The zero-order chi connectivity index (χ0) is 39.3. The molecule has 0 heterocycles. The first-order valence-corrected chi connectivity index (χ1v) is 18.7. The SMILES string of the molecule is COC(=O)N[C@H](C(=O)NN(CC1CCCCC1)C[C@H](C(=O)c1ccc(CCl)cc1)C(C(=O)[C@@H](NC(=O)OC)C(C)C)C(N)(O)c1ccccc1)C(C)C. The van der Waals surface area contributed by atoms with Crippen LogP contribution in [-0.2, 0) is 30.7 Å². The molecule has 13 nitrogen and oxygen atoms in total. The number of benzene rings is 2. The molecule has 0 radical (unpaired) electrons. The van der Waals surface area contributed by atoms with Gasteiger partial charge in [-0.1, -0.05) is 102 Å². The number of carbonyl (C=O) groups is 5. The molecule has 0 saturated heterocycles. The molecule has 1 aliphatic rings. The summed E-state index contributed by atoms with van der Waals surface area (Å²) in [5.41, 5.74) is 8.48. The van der Waals surface area contributed by atoms with Crippen LogP contribution in [0.15, 0.2) is 54.6 Å². The highest BCUT2D eigenvalue weighted by atomic mass is 35.5. The number of aliphatic hydroxyl groups is 1. The maximum atomic E-state index is 14.9. The lowest BCUT2D eigenvalue weighted by atomic mass is 9.71. The van der Waals surface area contributed by atoms with Crippen molar-refractivity contribution in [3.05, 3.63) is 71.3 Å². The summed E-state index contributed by atoms with van der Waals surface area (Å²) in [5.74, 6) is -5.33. The Morgan fingerprint density at radius 1 is 0.868 bits per heavy atom. The fourth-order valence-electron chi connectivity index (χ4n) is 6.90. The number of hydrogen-bond donors (Lipinski definition) is 5. The van der Waals surface area contributed by atoms with E-state index in [1.54, 1.807) is 87.3 Å². The number of carbonyl (C=O) groups excluding carboxylic acids is 5. The summed E-state index contributed by atoms with van der Waals surface area (Å²) in [4.78, 5) is 68.5. The Balaban J connectivity index is 2.26. The Bertz CT molecular complexity index is 1520. The van der Waals surface area contributed by atoms with Crippen molar-refractivity contribution < 1.29 is 38.6 Å². The van der Waals surface area contributed by atoms with E-state index in [0.29, 0.717) is 6.54 Å². The Kier molecular flexibility index (Phi) is 16.7. The number of methoxy groups -OCH3 is 2. The summed E-state index contributed by atoms with van der Waals surface area (Å²) in [6.07, 6.45) is 3.17. The lowest BCUT2D eigenvalue weighted by Crippen LogP contribution is -2.61. The first-order chi connectivity index (χ1) is 25.1. The molecule has 1 aliphatic carbocycles. The van der Waals surface area contributed by atoms with Crippen molar-refractivity contribution >= 4 is 41.3 Å². The molecular weight excluding hydrogens is 702 g/mol. The number of rotatable bonds is 18. The number of hydrazine groups is 1. The predicted octanol–water partition coefficient (Wildman–Crippen LogP) is 4.89. The molecule has 2 unspecified atom stereocenters. The molecule has 292 valence electrons. The number of hydrogen-bond acceptors (Lipinski definition) is 10. The smallest absolute Gasteiger partial charge is 0.407 e. The number of halogens is 1. The van der Waals surface area contributed by atoms with Crippen LogP contribution in [0.1, 0.15) is 81.3 Å². The Morgan fingerprint density at radius 2 is 1.42 bits per heavy atom. The van der Waals surface area contributed by atoms with Gasteiger partial charge >= 0.3 is 12.2 Å². The summed E-state index contributed by atoms with van der Waals surface area (Å²) in [6, 6.07) is 12.5. The second-order valence-corrected chi connectivity index (χ2v) is 14.7. The minimum Gasteiger partial charge on any atom is -0.453 e. The summed E-state index contributed by atoms with van der Waals surface area (Å²) in [6.45, 7) is 7.02. The Hall–Kier alpha value is -4.04. The topological polar surface area (TPSA) is 189 Å². The van der Waals surface area contributed by atoms with Gasteiger partial charge in [0.25, 0.3) is 5.91 Å². The summed E-state index contributed by atoms with van der Waals surface area (Å²) >= 11 is 6.05. The number of Topliss-reactive ketones (excluding diaryl/α,β-unsaturated/α-hetero) is 2. The van der Waals surface area contributed by atoms with Crippen LogP contribution >= 0.6 is 11.6 Å². The highest BCUT2D eigenvalue weighted by Crippen LogP contribution is 2.36. The van der Waals surface area contributed by atoms with E-state index in [0.717, 1.165) is 37.7 Å². The highest BCUT2D eigenvalue weighted by molar-refractivity contribution is 6.17. The molecular formula is C39H56ClN5O8. The van der Waals surface area contributed by atoms with E-state index in [1.807, 2.05) is 0 Å². The Morgan fingerprint density at radius 3 is 1.92 bits per heavy atom. The minimum absolute atomic E-state index is 0.137. The van der Waals surface area contributed by atoms with E-state index in [-0.39, 0.29) is 35.4 Å². The molecule has 14 heteroatoms. The van der Waals surface area contributed by atoms with Gasteiger partial charge in [0.1, 0.15) is 11.8 Å². The number of amides is 3. The third kappa shape index (κ3) is 12.0. The average molecular weight is 758 g/mol. The standard InChI is InChI=1S/C39H56ClN5O8/c1-24(2)32(42-37(49)52-5)35(47)31(39(41,51)29-15-11-8-12-16-29)30(34(46)28-19-17-26(21-40)18-20-28)23-45(22-27-13-9-7-10-14-27)44-36(48)33(25(3)4)43-38(50)53-6/h8,11-12,15-20,24-25,27,30-33,51H,7,9-10,13-14,21-23,41H2,1-6H3,(H,42,49)(H,43,50)(H,44,48)/t30-,31?,32-,33-,39?/m0/s1. The highest BCUT2D eigenvalue weighted by Gasteiger charge is 2.51. The molecule has 5 atom stereocenters. The quantitative estimate of drug-likeness (QED) is 0.0606. The monoisotopic (exact) mass is 757 g/mol. The van der Waals surface area contributed by atoms with Crippen LogP contribution in [0, 0.1) is 29.6 Å². The van der Waals surface area contributed by atoms with E-state index >= 15 is 0 Å². The molecule has 1 fully saturated rings. The normalized spacial score (nSPS) is 16.9. The molecule has 3 amide bonds. The summed E-state index contributed by atoms with van der Waals surface area (Å²) in [7, 11) is 2.37. The fourth-order valence-corrected chi connectivity index (χ4v) is 7.07. The van der Waals surface area contributed by atoms with Crippen molar-refractivity contribution in [1.29, 1.82) is 0 Å². The van der Waals surface area contributed by atoms with Crippen LogP contribution in [0.2, 0.25) is 0 Å². The average Bonchev–Trinajstić information content (AvgIpc) is 3.15. The van der Waals surface area contributed by atoms with Gasteiger partial charge in [0, 0.05) is 24.5 Å². The third-order valence-electron chi connectivity index (χ3n) is 9.88. The van der Waals surface area contributed by atoms with Gasteiger partial charge in [-0.05, 0) is 41.7 Å². The maximum Gasteiger partial charge on any atom is 0.407 e. The number of nitrogens with one attached hydrogen (secondary N) is 3. The van der Waals surface area contributed by atoms with Gasteiger partial charge in [-0.3, -0.25) is 25.5 Å². The van der Waals surface area contributed by atoms with E-state index in [2.05, 4.69) is 16.1 Å². The molecule has 0 bridgehead atoms. The van der Waals surface area contributed by atoms with E-state index in [4.69, 9.17) is 26.8 Å². The number of alkyl halides is 1. The lowest BCUT2D eigenvalue weighted by molar-refractivity contribution is -0.141. The van der Waals surface area contributed by atoms with Crippen molar-refractivity contribution in [2.45, 2.75) is 83.5 Å². The number of alkyl carbamates (subject to hydrolysis) is 2. The number of ether oxygens (including phenoxy) is 2. The summed E-state index contributed by atoms with van der Waals surface area (Å²) in [5, 5.41) is 19.1. The second-order valence-electron chi connectivity index (χ2n) is 14.5. The van der Waals surface area contributed by atoms with Crippen LogP contribution in [0.5, 0.6) is 0 Å². The van der Waals surface area contributed by atoms with Crippen molar-refractivity contribution in [3.8, 4) is 0 Å². The van der Waals surface area contributed by atoms with Gasteiger partial charge in [-0.15, -0.1) is 11.6 Å².